The number of nitrogens with two attached hydrogens (primary N) is 1. The van der Waals surface area contributed by atoms with Crippen LogP contribution in [0.25, 0.3) is 0 Å². The van der Waals surface area contributed by atoms with E-state index in [9.17, 15) is 9.65 Å². The highest BCUT2D eigenvalue weighted by atomic mass is 19.1. The summed E-state index contributed by atoms with van der Waals surface area (Å²) in [6.45, 7) is 2.41. The summed E-state index contributed by atoms with van der Waals surface area (Å²) >= 11 is 0. The van der Waals surface area contributed by atoms with Crippen molar-refractivity contribution in [2.24, 2.45) is 5.73 Å². The molecular formula is C26H21FN2O5. The van der Waals surface area contributed by atoms with E-state index in [1.165, 1.54) is 6.07 Å². The van der Waals surface area contributed by atoms with E-state index in [1.54, 1.807) is 42.5 Å². The molecule has 3 aromatic carbocycles. The van der Waals surface area contributed by atoms with E-state index in [4.69, 9.17) is 29.4 Å². The van der Waals surface area contributed by atoms with E-state index in [0.717, 1.165) is 11.1 Å². The molecule has 3 aromatic rings. The van der Waals surface area contributed by atoms with Gasteiger partial charge in [0.15, 0.2) is 23.0 Å². The number of halogens is 1. The highest BCUT2D eigenvalue weighted by Gasteiger charge is 2.33. The molecule has 2 aliphatic heterocycles. The first-order valence-electron chi connectivity index (χ1n) is 10.7. The maximum Gasteiger partial charge on any atom is 0.231 e. The van der Waals surface area contributed by atoms with Gasteiger partial charge in [0.2, 0.25) is 12.7 Å². The number of fused-ring (bicyclic) bond motifs is 2. The Morgan fingerprint density at radius 2 is 1.82 bits per heavy atom. The summed E-state index contributed by atoms with van der Waals surface area (Å²) in [6.07, 6.45) is 0. The first-order chi connectivity index (χ1) is 16.6. The minimum Gasteiger partial charge on any atom is -0.490 e. The molecule has 2 aliphatic rings. The van der Waals surface area contributed by atoms with Crippen LogP contribution in [0.3, 0.4) is 0 Å². The van der Waals surface area contributed by atoms with Gasteiger partial charge < -0.3 is 29.4 Å². The number of ether oxygens (including phenoxy) is 5. The van der Waals surface area contributed by atoms with Gasteiger partial charge in [-0.05, 0) is 36.8 Å². The normalized spacial score (nSPS) is 15.9. The van der Waals surface area contributed by atoms with Gasteiger partial charge in [-0.2, -0.15) is 5.26 Å². The van der Waals surface area contributed by atoms with E-state index in [-0.39, 0.29) is 30.7 Å². The van der Waals surface area contributed by atoms with Crippen LogP contribution >= 0.6 is 0 Å². The SMILES string of the molecule is CCOc1cc([C@@H]2C(C#N)=C(N)Oc3cc4c(cc32)OCO4)ccc1OCc1ccccc1F. The van der Waals surface area contributed by atoms with Crippen LogP contribution in [0.2, 0.25) is 0 Å². The third-order valence-electron chi connectivity index (χ3n) is 5.65. The Hall–Kier alpha value is -4.38. The fraction of sp³-hybridized carbons (Fsp3) is 0.192. The predicted octanol–water partition coefficient (Wildman–Crippen LogP) is 4.75. The molecule has 8 heteroatoms. The zero-order chi connectivity index (χ0) is 23.7. The molecular weight excluding hydrogens is 439 g/mol. The van der Waals surface area contributed by atoms with Crippen LogP contribution < -0.4 is 29.4 Å². The molecule has 0 radical (unpaired) electrons. The largest absolute Gasteiger partial charge is 0.490 e. The van der Waals surface area contributed by atoms with Crippen molar-refractivity contribution in [2.75, 3.05) is 13.4 Å². The number of hydrogen-bond acceptors (Lipinski definition) is 7. The summed E-state index contributed by atoms with van der Waals surface area (Å²) in [5.41, 5.74) is 8.28. The lowest BCUT2D eigenvalue weighted by molar-refractivity contribution is 0.174. The highest BCUT2D eigenvalue weighted by Crippen LogP contribution is 2.48. The summed E-state index contributed by atoms with van der Waals surface area (Å²) < 4.78 is 42.4. The molecule has 2 heterocycles. The molecule has 0 spiro atoms. The Morgan fingerprint density at radius 3 is 2.59 bits per heavy atom. The van der Waals surface area contributed by atoms with Crippen LogP contribution in [-0.2, 0) is 6.61 Å². The summed E-state index contributed by atoms with van der Waals surface area (Å²) in [7, 11) is 0. The molecule has 7 nitrogen and oxygen atoms in total. The molecule has 34 heavy (non-hydrogen) atoms. The second-order valence-corrected chi connectivity index (χ2v) is 7.69. The van der Waals surface area contributed by atoms with Crippen molar-refractivity contribution in [2.45, 2.75) is 19.4 Å². The summed E-state index contributed by atoms with van der Waals surface area (Å²) in [5.74, 6) is 1.72. The zero-order valence-electron chi connectivity index (χ0n) is 18.3. The fourth-order valence-corrected chi connectivity index (χ4v) is 4.05. The van der Waals surface area contributed by atoms with Crippen LogP contribution in [0, 0.1) is 17.1 Å². The third kappa shape index (κ3) is 3.82. The average molecular weight is 460 g/mol. The van der Waals surface area contributed by atoms with Crippen molar-refractivity contribution in [1.29, 1.82) is 5.26 Å². The van der Waals surface area contributed by atoms with Gasteiger partial charge >= 0.3 is 0 Å². The van der Waals surface area contributed by atoms with E-state index < -0.39 is 5.92 Å². The van der Waals surface area contributed by atoms with Crippen molar-refractivity contribution < 1.29 is 28.1 Å². The number of nitrogens with zero attached hydrogens (tertiary/aromatic N) is 1. The maximum absolute atomic E-state index is 14.0. The Kier molecular flexibility index (Phi) is 5.60. The van der Waals surface area contributed by atoms with Gasteiger partial charge in [0.25, 0.3) is 0 Å². The molecule has 0 aromatic heterocycles. The summed E-state index contributed by atoms with van der Waals surface area (Å²) in [5, 5.41) is 9.86. The Bertz CT molecular complexity index is 1330. The van der Waals surface area contributed by atoms with Crippen molar-refractivity contribution >= 4 is 0 Å². The van der Waals surface area contributed by atoms with Crippen molar-refractivity contribution in [3.63, 3.8) is 0 Å². The van der Waals surface area contributed by atoms with Gasteiger partial charge in [-0.15, -0.1) is 0 Å². The van der Waals surface area contributed by atoms with Crippen LogP contribution in [0.5, 0.6) is 28.7 Å². The van der Waals surface area contributed by atoms with Crippen molar-refractivity contribution in [3.8, 4) is 34.8 Å². The number of allylic oxidation sites excluding steroid dienone is 1. The smallest absolute Gasteiger partial charge is 0.231 e. The number of benzene rings is 3. The molecule has 0 saturated carbocycles. The predicted molar refractivity (Wildman–Crippen MR) is 120 cm³/mol. The fourth-order valence-electron chi connectivity index (χ4n) is 4.05. The lowest BCUT2D eigenvalue weighted by Crippen LogP contribution is -2.21. The monoisotopic (exact) mass is 460 g/mol. The molecule has 0 amide bonds. The molecule has 0 fully saturated rings. The van der Waals surface area contributed by atoms with Gasteiger partial charge in [-0.1, -0.05) is 24.3 Å². The molecule has 2 N–H and O–H groups in total. The third-order valence-corrected chi connectivity index (χ3v) is 5.65. The van der Waals surface area contributed by atoms with Gasteiger partial charge in [0, 0.05) is 17.2 Å². The molecule has 1 atom stereocenters. The van der Waals surface area contributed by atoms with E-state index in [0.29, 0.717) is 40.9 Å². The first-order valence-corrected chi connectivity index (χ1v) is 10.7. The standard InChI is InChI=1S/C26H21FN2O5/c1-2-30-22-9-15(7-8-20(22)31-13-16-5-3-4-6-19(16)27)25-17-10-23-24(33-14-32-23)11-21(17)34-26(29)18(25)12-28/h3-11,25H,2,13-14,29H2,1H3/t25-/m0/s1. The van der Waals surface area contributed by atoms with Crippen LogP contribution in [0.15, 0.2) is 66.1 Å². The minimum atomic E-state index is -0.511. The molecule has 5 rings (SSSR count). The highest BCUT2D eigenvalue weighted by molar-refractivity contribution is 5.62. The second kappa shape index (κ2) is 8.87. The lowest BCUT2D eigenvalue weighted by atomic mass is 9.83. The topological polar surface area (TPSA) is 96.0 Å². The first kappa shape index (κ1) is 21.5. The summed E-state index contributed by atoms with van der Waals surface area (Å²) in [4.78, 5) is 0. The quantitative estimate of drug-likeness (QED) is 0.567. The Morgan fingerprint density at radius 1 is 1.03 bits per heavy atom. The molecule has 0 unspecified atom stereocenters. The zero-order valence-corrected chi connectivity index (χ0v) is 18.3. The van der Waals surface area contributed by atoms with Gasteiger partial charge in [-0.25, -0.2) is 4.39 Å². The van der Waals surface area contributed by atoms with Gasteiger partial charge in [0.05, 0.1) is 12.5 Å². The molecule has 0 saturated heterocycles. The number of nitriles is 1. The van der Waals surface area contributed by atoms with Crippen LogP contribution in [-0.4, -0.2) is 13.4 Å². The number of rotatable bonds is 6. The Balaban J connectivity index is 1.53. The van der Waals surface area contributed by atoms with Gasteiger partial charge in [-0.3, -0.25) is 0 Å². The molecule has 0 aliphatic carbocycles. The minimum absolute atomic E-state index is 0.0247. The van der Waals surface area contributed by atoms with Crippen molar-refractivity contribution in [3.05, 3.63) is 88.6 Å². The maximum atomic E-state index is 14.0. The second-order valence-electron chi connectivity index (χ2n) is 7.69. The van der Waals surface area contributed by atoms with Crippen molar-refractivity contribution in [1.82, 2.24) is 0 Å². The lowest BCUT2D eigenvalue weighted by Gasteiger charge is -2.27. The Labute approximate surface area is 195 Å². The molecule has 172 valence electrons. The summed E-state index contributed by atoms with van der Waals surface area (Å²) in [6, 6.07) is 17.5. The van der Waals surface area contributed by atoms with E-state index in [1.807, 2.05) is 13.0 Å². The average Bonchev–Trinajstić information content (AvgIpc) is 3.29. The molecule has 0 bridgehead atoms. The van der Waals surface area contributed by atoms with E-state index >= 15 is 0 Å². The van der Waals surface area contributed by atoms with Crippen LogP contribution in [0.4, 0.5) is 4.39 Å². The van der Waals surface area contributed by atoms with E-state index in [2.05, 4.69) is 6.07 Å². The van der Waals surface area contributed by atoms with Crippen LogP contribution in [0.1, 0.15) is 29.5 Å². The van der Waals surface area contributed by atoms with Gasteiger partial charge in [0.1, 0.15) is 29.8 Å². The number of hydrogen-bond donors (Lipinski definition) is 1.